The molecular weight excluding hydrogens is 138 g/mol. The summed E-state index contributed by atoms with van der Waals surface area (Å²) in [6.45, 7) is 0. The number of hydrogen-bond acceptors (Lipinski definition) is 5. The average Bonchev–Trinajstić information content (AvgIpc) is 2.00. The second-order valence-corrected chi connectivity index (χ2v) is 1.53. The van der Waals surface area contributed by atoms with Crippen LogP contribution in [0.2, 0.25) is 0 Å². The minimum Gasteiger partial charge on any atom is -0.409 e. The number of hydrogen-bond donors (Lipinski definition) is 5. The molecule has 0 aliphatic rings. The lowest BCUT2D eigenvalue weighted by Crippen LogP contribution is -2.47. The van der Waals surface area contributed by atoms with Crippen molar-refractivity contribution in [3.63, 3.8) is 0 Å². The van der Waals surface area contributed by atoms with Crippen LogP contribution >= 0.6 is 0 Å². The average molecular weight is 147 g/mol. The van der Waals surface area contributed by atoms with Gasteiger partial charge in [0.05, 0.1) is 0 Å². The van der Waals surface area contributed by atoms with Crippen molar-refractivity contribution in [1.29, 1.82) is 0 Å². The molecule has 0 bridgehead atoms. The van der Waals surface area contributed by atoms with E-state index in [0.717, 1.165) is 0 Å². The summed E-state index contributed by atoms with van der Waals surface area (Å²) in [4.78, 5) is 0. The van der Waals surface area contributed by atoms with E-state index in [2.05, 4.69) is 10.3 Å². The Morgan fingerprint density at radius 3 is 1.60 bits per heavy atom. The zero-order chi connectivity index (χ0) is 8.15. The molecule has 0 aromatic heterocycles. The largest absolute Gasteiger partial charge is 0.409 e. The highest BCUT2D eigenvalue weighted by atomic mass is 16.4. The first-order valence-corrected chi connectivity index (χ1v) is 2.34. The summed E-state index contributed by atoms with van der Waals surface area (Å²) in [6.07, 6.45) is 0. The monoisotopic (exact) mass is 147 g/mol. The summed E-state index contributed by atoms with van der Waals surface area (Å²) < 4.78 is 0. The van der Waals surface area contributed by atoms with Crippen molar-refractivity contribution in [2.45, 2.75) is 6.04 Å². The second kappa shape index (κ2) is 3.51. The molecule has 7 heteroatoms. The van der Waals surface area contributed by atoms with Crippen LogP contribution in [0.3, 0.4) is 0 Å². The second-order valence-electron chi connectivity index (χ2n) is 1.53. The Kier molecular flexibility index (Phi) is 2.98. The Morgan fingerprint density at radius 1 is 1.10 bits per heavy atom. The number of oxime groups is 2. The fraction of sp³-hybridized carbons (Fsp3) is 0.333. The first-order valence-electron chi connectivity index (χ1n) is 2.34. The van der Waals surface area contributed by atoms with E-state index in [0.29, 0.717) is 0 Å². The van der Waals surface area contributed by atoms with E-state index in [-0.39, 0.29) is 11.7 Å². The molecule has 10 heavy (non-hydrogen) atoms. The lowest BCUT2D eigenvalue weighted by atomic mass is 10.3. The predicted octanol–water partition coefficient (Wildman–Crippen LogP) is -2.19. The third kappa shape index (κ3) is 1.78. The van der Waals surface area contributed by atoms with Gasteiger partial charge in [-0.2, -0.15) is 0 Å². The maximum atomic E-state index is 8.04. The molecule has 8 N–H and O–H groups in total. The fourth-order valence-electron chi connectivity index (χ4n) is 0.276. The van der Waals surface area contributed by atoms with Crippen LogP contribution in [0.5, 0.6) is 0 Å². The molecule has 0 saturated carbocycles. The van der Waals surface area contributed by atoms with Gasteiger partial charge in [-0.05, 0) is 0 Å². The first-order chi connectivity index (χ1) is 4.63. The molecule has 0 spiro atoms. The molecule has 0 radical (unpaired) electrons. The van der Waals surface area contributed by atoms with Crippen LogP contribution in [0.15, 0.2) is 10.3 Å². The summed E-state index contributed by atoms with van der Waals surface area (Å²) in [5.74, 6) is -0.620. The zero-order valence-electron chi connectivity index (χ0n) is 5.10. The molecule has 0 saturated heterocycles. The Hall–Kier alpha value is -1.50. The molecule has 0 unspecified atom stereocenters. The van der Waals surface area contributed by atoms with E-state index in [1.807, 2.05) is 0 Å². The molecule has 0 atom stereocenters. The van der Waals surface area contributed by atoms with Crippen molar-refractivity contribution >= 4 is 11.7 Å². The summed E-state index contributed by atoms with van der Waals surface area (Å²) in [5, 5.41) is 21.2. The van der Waals surface area contributed by atoms with Gasteiger partial charge in [0.1, 0.15) is 6.04 Å². The third-order valence-corrected chi connectivity index (χ3v) is 0.868. The Bertz CT molecular complexity index is 146. The highest BCUT2D eigenvalue weighted by Gasteiger charge is 2.12. The topological polar surface area (TPSA) is 143 Å². The SMILES string of the molecule is NC(=NO)C(N)C(N)=NO. The minimum atomic E-state index is -1.05. The molecule has 0 heterocycles. The first kappa shape index (κ1) is 8.50. The molecule has 0 rings (SSSR count). The number of rotatable bonds is 2. The third-order valence-electron chi connectivity index (χ3n) is 0.868. The Labute approximate surface area is 56.8 Å². The van der Waals surface area contributed by atoms with E-state index >= 15 is 0 Å². The van der Waals surface area contributed by atoms with Crippen LogP contribution in [0.1, 0.15) is 0 Å². The predicted molar refractivity (Wildman–Crippen MR) is 34.8 cm³/mol. The van der Waals surface area contributed by atoms with E-state index in [9.17, 15) is 0 Å². The van der Waals surface area contributed by atoms with Crippen molar-refractivity contribution in [1.82, 2.24) is 0 Å². The van der Waals surface area contributed by atoms with Gasteiger partial charge in [0.2, 0.25) is 0 Å². The zero-order valence-corrected chi connectivity index (χ0v) is 5.10. The van der Waals surface area contributed by atoms with Crippen LogP contribution in [0, 0.1) is 0 Å². The van der Waals surface area contributed by atoms with Gasteiger partial charge in [-0.1, -0.05) is 10.3 Å². The van der Waals surface area contributed by atoms with Crippen LogP contribution in [-0.2, 0) is 0 Å². The maximum Gasteiger partial charge on any atom is 0.164 e. The summed E-state index contributed by atoms with van der Waals surface area (Å²) in [7, 11) is 0. The van der Waals surface area contributed by atoms with Gasteiger partial charge in [-0.3, -0.25) is 0 Å². The molecule has 0 aliphatic heterocycles. The summed E-state index contributed by atoms with van der Waals surface area (Å²) in [6, 6.07) is -1.05. The van der Waals surface area contributed by atoms with E-state index in [1.165, 1.54) is 0 Å². The quantitative estimate of drug-likeness (QED) is 0.130. The van der Waals surface area contributed by atoms with E-state index in [1.54, 1.807) is 0 Å². The van der Waals surface area contributed by atoms with Gasteiger partial charge in [0.15, 0.2) is 11.7 Å². The van der Waals surface area contributed by atoms with Crippen molar-refractivity contribution in [2.24, 2.45) is 27.5 Å². The molecule has 0 aromatic carbocycles. The maximum absolute atomic E-state index is 8.04. The summed E-state index contributed by atoms with van der Waals surface area (Å²) in [5.41, 5.74) is 15.1. The number of nitrogens with two attached hydrogens (primary N) is 3. The van der Waals surface area contributed by atoms with Gasteiger partial charge in [-0.15, -0.1) is 0 Å². The molecular formula is C3H9N5O2. The molecule has 0 fully saturated rings. The summed E-state index contributed by atoms with van der Waals surface area (Å²) >= 11 is 0. The highest BCUT2D eigenvalue weighted by molar-refractivity contribution is 6.07. The van der Waals surface area contributed by atoms with Gasteiger partial charge in [0.25, 0.3) is 0 Å². The van der Waals surface area contributed by atoms with Crippen LogP contribution in [-0.4, -0.2) is 28.1 Å². The molecule has 0 aliphatic carbocycles. The van der Waals surface area contributed by atoms with Crippen LogP contribution < -0.4 is 17.2 Å². The molecule has 0 amide bonds. The van der Waals surface area contributed by atoms with Crippen LogP contribution in [0.25, 0.3) is 0 Å². The van der Waals surface area contributed by atoms with Crippen molar-refractivity contribution in [3.05, 3.63) is 0 Å². The Morgan fingerprint density at radius 2 is 1.40 bits per heavy atom. The van der Waals surface area contributed by atoms with Crippen LogP contribution in [0.4, 0.5) is 0 Å². The highest BCUT2D eigenvalue weighted by Crippen LogP contribution is 1.78. The molecule has 58 valence electrons. The lowest BCUT2D eigenvalue weighted by molar-refractivity contribution is 0.313. The molecule has 7 nitrogen and oxygen atoms in total. The van der Waals surface area contributed by atoms with Gasteiger partial charge in [-0.25, -0.2) is 0 Å². The lowest BCUT2D eigenvalue weighted by Gasteiger charge is -2.05. The minimum absolute atomic E-state index is 0.310. The number of amidine groups is 2. The van der Waals surface area contributed by atoms with E-state index in [4.69, 9.17) is 27.6 Å². The van der Waals surface area contributed by atoms with Crippen molar-refractivity contribution in [2.75, 3.05) is 0 Å². The van der Waals surface area contributed by atoms with Gasteiger partial charge < -0.3 is 27.6 Å². The smallest absolute Gasteiger partial charge is 0.164 e. The normalized spacial score (nSPS) is 16.9. The molecule has 0 aromatic rings. The van der Waals surface area contributed by atoms with Crippen molar-refractivity contribution in [3.8, 4) is 0 Å². The standard InChI is InChI=1S/C3H9N5O2/c4-1(2(5)7-9)3(6)8-10/h1,9-10H,4H2,(H2,5,7)(H2,6,8). The van der Waals surface area contributed by atoms with Gasteiger partial charge in [0, 0.05) is 0 Å². The van der Waals surface area contributed by atoms with E-state index < -0.39 is 6.04 Å². The fourth-order valence-corrected chi connectivity index (χ4v) is 0.276. The Balaban J connectivity index is 4.22. The van der Waals surface area contributed by atoms with Crippen molar-refractivity contribution < 1.29 is 10.4 Å². The van der Waals surface area contributed by atoms with Gasteiger partial charge >= 0.3 is 0 Å². The number of nitrogens with zero attached hydrogens (tertiary/aromatic N) is 2.